The van der Waals surface area contributed by atoms with Crippen LogP contribution < -0.4 is 16.0 Å². The molecular formula is C22H22FN3O4S. The zero-order chi connectivity index (χ0) is 22.5. The van der Waals surface area contributed by atoms with E-state index in [1.54, 1.807) is 30.5 Å². The number of aromatic amines is 1. The summed E-state index contributed by atoms with van der Waals surface area (Å²) in [6.07, 6.45) is 1.78. The maximum atomic E-state index is 13.5. The standard InChI is InChI=1S/C22H22FN3O4S/c1-12-4-5-13(21(28)29-2)9-17(12)18-19(27)25-22(31-3)26-20(18)30-11-14-6-7-16(23)8-15(14)10-24/h4-9H,10-11,24H2,1-3H3,(H,25,26,27). The first-order valence-corrected chi connectivity index (χ1v) is 10.6. The third-order valence-electron chi connectivity index (χ3n) is 4.74. The van der Waals surface area contributed by atoms with Gasteiger partial charge in [-0.15, -0.1) is 0 Å². The van der Waals surface area contributed by atoms with Gasteiger partial charge in [0.1, 0.15) is 18.0 Å². The Hall–Kier alpha value is -3.17. The number of aromatic nitrogens is 2. The van der Waals surface area contributed by atoms with Crippen LogP contribution in [0, 0.1) is 12.7 Å². The Morgan fingerprint density at radius 3 is 2.68 bits per heavy atom. The van der Waals surface area contributed by atoms with Crippen molar-refractivity contribution >= 4 is 17.7 Å². The fourth-order valence-electron chi connectivity index (χ4n) is 3.08. The zero-order valence-corrected chi connectivity index (χ0v) is 18.1. The van der Waals surface area contributed by atoms with Crippen molar-refractivity contribution in [2.75, 3.05) is 13.4 Å². The first kappa shape index (κ1) is 22.5. The van der Waals surface area contributed by atoms with Gasteiger partial charge >= 0.3 is 5.97 Å². The topological polar surface area (TPSA) is 107 Å². The Kier molecular flexibility index (Phi) is 7.09. The molecule has 0 radical (unpaired) electrons. The number of hydrogen-bond donors (Lipinski definition) is 2. The van der Waals surface area contributed by atoms with Crippen LogP contribution in [0.5, 0.6) is 5.88 Å². The number of rotatable bonds is 7. The van der Waals surface area contributed by atoms with E-state index in [1.807, 2.05) is 6.92 Å². The molecule has 0 amide bonds. The number of halogens is 1. The summed E-state index contributed by atoms with van der Waals surface area (Å²) in [5.41, 5.74) is 8.34. The third kappa shape index (κ3) is 4.95. The highest BCUT2D eigenvalue weighted by atomic mass is 32.2. The number of nitrogens with one attached hydrogen (secondary N) is 1. The highest BCUT2D eigenvalue weighted by Crippen LogP contribution is 2.30. The molecule has 3 aromatic rings. The minimum atomic E-state index is -0.521. The number of methoxy groups -OCH3 is 1. The molecule has 3 rings (SSSR count). The quantitative estimate of drug-likeness (QED) is 0.327. The van der Waals surface area contributed by atoms with Crippen molar-refractivity contribution in [3.05, 3.63) is 74.8 Å². The van der Waals surface area contributed by atoms with Gasteiger partial charge in [0, 0.05) is 6.54 Å². The van der Waals surface area contributed by atoms with E-state index in [2.05, 4.69) is 9.97 Å². The van der Waals surface area contributed by atoms with E-state index in [0.29, 0.717) is 27.4 Å². The van der Waals surface area contributed by atoms with Crippen molar-refractivity contribution in [3.8, 4) is 17.0 Å². The number of esters is 1. The SMILES string of the molecule is COC(=O)c1ccc(C)c(-c2c(OCc3ccc(F)cc3CN)nc(SC)[nH]c2=O)c1. The number of nitrogens with two attached hydrogens (primary N) is 1. The van der Waals surface area contributed by atoms with Crippen molar-refractivity contribution in [1.82, 2.24) is 9.97 Å². The van der Waals surface area contributed by atoms with Crippen molar-refractivity contribution in [3.63, 3.8) is 0 Å². The predicted octanol–water partition coefficient (Wildman–Crippen LogP) is 3.43. The minimum absolute atomic E-state index is 0.0415. The van der Waals surface area contributed by atoms with Crippen LogP contribution in [0.1, 0.15) is 27.0 Å². The van der Waals surface area contributed by atoms with Gasteiger partial charge in [-0.2, -0.15) is 4.98 Å². The molecule has 3 N–H and O–H groups in total. The van der Waals surface area contributed by atoms with E-state index >= 15 is 0 Å². The molecule has 2 aromatic carbocycles. The van der Waals surface area contributed by atoms with Crippen LogP contribution in [0.4, 0.5) is 4.39 Å². The number of thioether (sulfide) groups is 1. The van der Waals surface area contributed by atoms with E-state index in [9.17, 15) is 14.0 Å². The van der Waals surface area contributed by atoms with Crippen LogP contribution in [0.15, 0.2) is 46.3 Å². The Morgan fingerprint density at radius 1 is 1.23 bits per heavy atom. The largest absolute Gasteiger partial charge is 0.472 e. The van der Waals surface area contributed by atoms with Gasteiger partial charge < -0.3 is 20.2 Å². The first-order chi connectivity index (χ1) is 14.9. The highest BCUT2D eigenvalue weighted by molar-refractivity contribution is 7.98. The van der Waals surface area contributed by atoms with Gasteiger partial charge in [0.15, 0.2) is 5.16 Å². The molecule has 0 atom stereocenters. The summed E-state index contributed by atoms with van der Waals surface area (Å²) in [7, 11) is 1.29. The molecule has 0 saturated heterocycles. The van der Waals surface area contributed by atoms with Crippen LogP contribution in [-0.2, 0) is 17.9 Å². The number of ether oxygens (including phenoxy) is 2. The third-order valence-corrected chi connectivity index (χ3v) is 5.32. The summed E-state index contributed by atoms with van der Waals surface area (Å²) in [5.74, 6) is -0.808. The van der Waals surface area contributed by atoms with Gasteiger partial charge in [-0.05, 0) is 59.7 Å². The summed E-state index contributed by atoms with van der Waals surface area (Å²) in [5, 5.41) is 0.378. The maximum Gasteiger partial charge on any atom is 0.337 e. The molecule has 7 nitrogen and oxygen atoms in total. The van der Waals surface area contributed by atoms with Gasteiger partial charge in [0.05, 0.1) is 12.7 Å². The lowest BCUT2D eigenvalue weighted by atomic mass is 9.99. The molecule has 0 saturated carbocycles. The Bertz CT molecular complexity index is 1180. The van der Waals surface area contributed by atoms with Crippen LogP contribution in [0.3, 0.4) is 0 Å². The van der Waals surface area contributed by atoms with E-state index in [1.165, 1.54) is 31.0 Å². The zero-order valence-electron chi connectivity index (χ0n) is 17.3. The number of carbonyl (C=O) groups excluding carboxylic acids is 1. The second-order valence-electron chi connectivity index (χ2n) is 6.68. The lowest BCUT2D eigenvalue weighted by Gasteiger charge is -2.15. The Morgan fingerprint density at radius 2 is 2.00 bits per heavy atom. The van der Waals surface area contributed by atoms with E-state index in [-0.39, 0.29) is 30.4 Å². The molecule has 31 heavy (non-hydrogen) atoms. The average molecular weight is 444 g/mol. The Balaban J connectivity index is 2.09. The second-order valence-corrected chi connectivity index (χ2v) is 7.48. The van der Waals surface area contributed by atoms with Crippen molar-refractivity contribution in [2.45, 2.75) is 25.2 Å². The molecule has 1 heterocycles. The molecule has 1 aromatic heterocycles. The van der Waals surface area contributed by atoms with Crippen LogP contribution in [0.2, 0.25) is 0 Å². The number of benzene rings is 2. The maximum absolute atomic E-state index is 13.5. The normalized spacial score (nSPS) is 10.7. The van der Waals surface area contributed by atoms with Crippen LogP contribution in [0.25, 0.3) is 11.1 Å². The van der Waals surface area contributed by atoms with Crippen molar-refractivity contribution in [1.29, 1.82) is 0 Å². The van der Waals surface area contributed by atoms with Crippen LogP contribution >= 0.6 is 11.8 Å². The molecule has 0 bridgehead atoms. The number of H-pyrrole nitrogens is 1. The summed E-state index contributed by atoms with van der Waals surface area (Å²) < 4.78 is 24.2. The van der Waals surface area contributed by atoms with E-state index in [0.717, 1.165) is 5.56 Å². The first-order valence-electron chi connectivity index (χ1n) is 9.35. The predicted molar refractivity (Wildman–Crippen MR) is 117 cm³/mol. The molecule has 0 unspecified atom stereocenters. The average Bonchev–Trinajstić information content (AvgIpc) is 2.77. The van der Waals surface area contributed by atoms with Crippen LogP contribution in [-0.4, -0.2) is 29.3 Å². The monoisotopic (exact) mass is 443 g/mol. The molecule has 0 spiro atoms. The molecule has 0 aliphatic heterocycles. The summed E-state index contributed by atoms with van der Waals surface area (Å²) in [6, 6.07) is 9.17. The minimum Gasteiger partial charge on any atom is -0.472 e. The summed E-state index contributed by atoms with van der Waals surface area (Å²) in [4.78, 5) is 32.0. The molecule has 0 aliphatic carbocycles. The van der Waals surface area contributed by atoms with Gasteiger partial charge in [-0.3, -0.25) is 4.79 Å². The van der Waals surface area contributed by atoms with E-state index in [4.69, 9.17) is 15.2 Å². The van der Waals surface area contributed by atoms with Crippen molar-refractivity contribution in [2.24, 2.45) is 5.73 Å². The number of carbonyl (C=O) groups is 1. The molecule has 9 heteroatoms. The summed E-state index contributed by atoms with van der Waals surface area (Å²) >= 11 is 1.26. The molecule has 0 fully saturated rings. The Labute approximate surface area is 182 Å². The van der Waals surface area contributed by atoms with Gasteiger partial charge in [-0.1, -0.05) is 23.9 Å². The fraction of sp³-hybridized carbons (Fsp3) is 0.227. The number of nitrogens with zero attached hydrogens (tertiary/aromatic N) is 1. The van der Waals surface area contributed by atoms with Gasteiger partial charge in [-0.25, -0.2) is 9.18 Å². The number of hydrogen-bond acceptors (Lipinski definition) is 7. The molecular weight excluding hydrogens is 421 g/mol. The molecule has 0 aliphatic rings. The molecule has 162 valence electrons. The smallest absolute Gasteiger partial charge is 0.337 e. The lowest BCUT2D eigenvalue weighted by molar-refractivity contribution is 0.0600. The lowest BCUT2D eigenvalue weighted by Crippen LogP contribution is -2.16. The van der Waals surface area contributed by atoms with Gasteiger partial charge in [0.25, 0.3) is 5.56 Å². The summed E-state index contributed by atoms with van der Waals surface area (Å²) in [6.45, 7) is 2.00. The van der Waals surface area contributed by atoms with E-state index < -0.39 is 11.5 Å². The van der Waals surface area contributed by atoms with Gasteiger partial charge in [0.2, 0.25) is 5.88 Å². The number of aryl methyl sites for hydroxylation is 1. The fourth-order valence-corrected chi connectivity index (χ4v) is 3.45. The highest BCUT2D eigenvalue weighted by Gasteiger charge is 2.19. The van der Waals surface area contributed by atoms with Crippen molar-refractivity contribution < 1.29 is 18.7 Å². The second kappa shape index (κ2) is 9.76.